The number of ether oxygens (including phenoxy) is 2. The number of fused-ring (bicyclic) bond motifs is 1. The molecular weight excluding hydrogens is 168 g/mol. The van der Waals surface area contributed by atoms with E-state index in [2.05, 4.69) is 0 Å². The average Bonchev–Trinajstić information content (AvgIpc) is 2.35. The molecule has 2 aliphatic rings. The molecule has 0 bridgehead atoms. The summed E-state index contributed by atoms with van der Waals surface area (Å²) in [4.78, 5) is 0. The molecule has 72 valence electrons. The zero-order chi connectivity index (χ0) is 9.53. The summed E-state index contributed by atoms with van der Waals surface area (Å²) >= 11 is 0. The molecule has 1 aliphatic carbocycles. The summed E-state index contributed by atoms with van der Waals surface area (Å²) in [5.41, 5.74) is -0.668. The van der Waals surface area contributed by atoms with Gasteiger partial charge in [-0.15, -0.1) is 0 Å². The Balaban J connectivity index is 2.32. The summed E-state index contributed by atoms with van der Waals surface area (Å²) in [6, 6.07) is 0. The second-order valence-corrected chi connectivity index (χ2v) is 3.90. The smallest absolute Gasteiger partial charge is 0.165 e. The monoisotopic (exact) mass is 182 g/mol. The minimum Gasteiger partial charge on any atom is -0.393 e. The van der Waals surface area contributed by atoms with Crippen molar-refractivity contribution in [1.29, 1.82) is 0 Å². The van der Waals surface area contributed by atoms with E-state index in [1.807, 2.05) is 38.2 Å². The van der Waals surface area contributed by atoms with Gasteiger partial charge in [-0.3, -0.25) is 0 Å². The van der Waals surface area contributed by atoms with E-state index in [9.17, 15) is 5.11 Å². The number of hydrogen-bond donors (Lipinski definition) is 1. The van der Waals surface area contributed by atoms with Crippen LogP contribution >= 0.6 is 0 Å². The fraction of sp³-hybridized carbons (Fsp3) is 0.600. The Labute approximate surface area is 77.7 Å². The summed E-state index contributed by atoms with van der Waals surface area (Å²) in [6.45, 7) is 3.65. The van der Waals surface area contributed by atoms with E-state index in [4.69, 9.17) is 9.47 Å². The zero-order valence-electron chi connectivity index (χ0n) is 7.86. The molecule has 2 atom stereocenters. The lowest BCUT2D eigenvalue weighted by molar-refractivity contribution is -0.159. The van der Waals surface area contributed by atoms with Crippen molar-refractivity contribution in [2.45, 2.75) is 31.3 Å². The first-order valence-electron chi connectivity index (χ1n) is 4.43. The molecule has 3 nitrogen and oxygen atoms in total. The second kappa shape index (κ2) is 2.67. The number of aliphatic hydroxyl groups excluding tert-OH is 1. The van der Waals surface area contributed by atoms with Crippen LogP contribution in [0.3, 0.4) is 0 Å². The van der Waals surface area contributed by atoms with Gasteiger partial charge < -0.3 is 14.6 Å². The van der Waals surface area contributed by atoms with E-state index in [1.165, 1.54) is 0 Å². The fourth-order valence-electron chi connectivity index (χ4n) is 1.83. The fourth-order valence-corrected chi connectivity index (χ4v) is 1.83. The highest BCUT2D eigenvalue weighted by Gasteiger charge is 2.50. The number of hydrogen-bond acceptors (Lipinski definition) is 3. The maximum absolute atomic E-state index is 9.29. The molecule has 0 saturated carbocycles. The van der Waals surface area contributed by atoms with Crippen LogP contribution in [0.15, 0.2) is 24.3 Å². The number of aliphatic hydroxyl groups is 1. The highest BCUT2D eigenvalue weighted by molar-refractivity contribution is 5.25. The predicted octanol–water partition coefficient (Wildman–Crippen LogP) is 0.995. The maximum atomic E-state index is 9.29. The molecular formula is C10H14O3. The normalized spacial score (nSPS) is 40.7. The molecule has 1 fully saturated rings. The quantitative estimate of drug-likeness (QED) is 0.657. The third kappa shape index (κ3) is 1.33. The van der Waals surface area contributed by atoms with Crippen molar-refractivity contribution in [3.05, 3.63) is 24.3 Å². The van der Waals surface area contributed by atoms with Crippen molar-refractivity contribution in [2.24, 2.45) is 0 Å². The molecule has 13 heavy (non-hydrogen) atoms. The Morgan fingerprint density at radius 2 is 2.15 bits per heavy atom. The molecule has 0 radical (unpaired) electrons. The Hall–Kier alpha value is -0.640. The third-order valence-corrected chi connectivity index (χ3v) is 2.35. The van der Waals surface area contributed by atoms with Gasteiger partial charge in [0, 0.05) is 0 Å². The summed E-state index contributed by atoms with van der Waals surface area (Å²) < 4.78 is 11.3. The van der Waals surface area contributed by atoms with Crippen molar-refractivity contribution in [3.63, 3.8) is 0 Å². The number of rotatable bonds is 1. The lowest BCUT2D eigenvalue weighted by atomic mass is 9.93. The maximum Gasteiger partial charge on any atom is 0.165 e. The Morgan fingerprint density at radius 1 is 1.38 bits per heavy atom. The molecule has 1 saturated heterocycles. The molecule has 2 rings (SSSR count). The van der Waals surface area contributed by atoms with Gasteiger partial charge in [-0.05, 0) is 19.9 Å². The Kier molecular flexibility index (Phi) is 1.84. The van der Waals surface area contributed by atoms with Crippen molar-refractivity contribution in [1.82, 2.24) is 0 Å². The highest BCUT2D eigenvalue weighted by atomic mass is 16.8. The molecule has 0 spiro atoms. The van der Waals surface area contributed by atoms with Gasteiger partial charge in [-0.1, -0.05) is 18.2 Å². The van der Waals surface area contributed by atoms with E-state index in [0.717, 1.165) is 0 Å². The van der Waals surface area contributed by atoms with Gasteiger partial charge in [0.2, 0.25) is 0 Å². The first kappa shape index (κ1) is 8.94. The average molecular weight is 182 g/mol. The van der Waals surface area contributed by atoms with Gasteiger partial charge >= 0.3 is 0 Å². The molecule has 0 amide bonds. The SMILES string of the molecule is CC1(C)OC2C=CC=CC2(CO)O1. The van der Waals surface area contributed by atoms with Crippen LogP contribution in [-0.2, 0) is 9.47 Å². The minimum atomic E-state index is -0.668. The van der Waals surface area contributed by atoms with Crippen LogP contribution in [0.5, 0.6) is 0 Å². The van der Waals surface area contributed by atoms with Gasteiger partial charge in [-0.25, -0.2) is 0 Å². The van der Waals surface area contributed by atoms with Crippen LogP contribution in [0.4, 0.5) is 0 Å². The molecule has 1 N–H and O–H groups in total. The number of allylic oxidation sites excluding steroid dienone is 2. The summed E-state index contributed by atoms with van der Waals surface area (Å²) in [7, 11) is 0. The van der Waals surface area contributed by atoms with Crippen LogP contribution < -0.4 is 0 Å². The van der Waals surface area contributed by atoms with Gasteiger partial charge in [0.05, 0.1) is 6.61 Å². The first-order valence-corrected chi connectivity index (χ1v) is 4.43. The van der Waals surface area contributed by atoms with Crippen LogP contribution in [-0.4, -0.2) is 29.2 Å². The molecule has 1 aliphatic heterocycles. The Bertz CT molecular complexity index is 267. The highest BCUT2D eigenvalue weighted by Crippen LogP contribution is 2.39. The second-order valence-electron chi connectivity index (χ2n) is 3.90. The molecule has 3 heteroatoms. The molecule has 2 unspecified atom stereocenters. The van der Waals surface area contributed by atoms with E-state index < -0.39 is 11.4 Å². The molecule has 0 aromatic carbocycles. The van der Waals surface area contributed by atoms with Crippen molar-refractivity contribution < 1.29 is 14.6 Å². The van der Waals surface area contributed by atoms with E-state index in [0.29, 0.717) is 0 Å². The molecule has 1 heterocycles. The van der Waals surface area contributed by atoms with Crippen molar-refractivity contribution in [2.75, 3.05) is 6.61 Å². The summed E-state index contributed by atoms with van der Waals surface area (Å²) in [5.74, 6) is -0.619. The topological polar surface area (TPSA) is 38.7 Å². The standard InChI is InChI=1S/C10H14O3/c1-9(2)12-8-5-3-4-6-10(8,7-11)13-9/h3-6,8,11H,7H2,1-2H3. The van der Waals surface area contributed by atoms with Gasteiger partial charge in [0.1, 0.15) is 11.7 Å². The van der Waals surface area contributed by atoms with E-state index in [-0.39, 0.29) is 12.7 Å². The van der Waals surface area contributed by atoms with Crippen molar-refractivity contribution >= 4 is 0 Å². The van der Waals surface area contributed by atoms with Crippen LogP contribution in [0, 0.1) is 0 Å². The van der Waals surface area contributed by atoms with Crippen LogP contribution in [0.1, 0.15) is 13.8 Å². The first-order chi connectivity index (χ1) is 6.08. The van der Waals surface area contributed by atoms with Crippen LogP contribution in [0.2, 0.25) is 0 Å². The van der Waals surface area contributed by atoms with Gasteiger partial charge in [0.15, 0.2) is 5.79 Å². The van der Waals surface area contributed by atoms with E-state index >= 15 is 0 Å². The zero-order valence-corrected chi connectivity index (χ0v) is 7.86. The van der Waals surface area contributed by atoms with Crippen LogP contribution in [0.25, 0.3) is 0 Å². The summed E-state index contributed by atoms with van der Waals surface area (Å²) in [5, 5.41) is 9.29. The predicted molar refractivity (Wildman–Crippen MR) is 48.1 cm³/mol. The molecule has 0 aromatic rings. The van der Waals surface area contributed by atoms with Gasteiger partial charge in [0.25, 0.3) is 0 Å². The lowest BCUT2D eigenvalue weighted by Crippen LogP contribution is -2.42. The molecule has 0 aromatic heterocycles. The summed E-state index contributed by atoms with van der Waals surface area (Å²) in [6.07, 6.45) is 7.37. The largest absolute Gasteiger partial charge is 0.393 e. The van der Waals surface area contributed by atoms with Crippen molar-refractivity contribution in [3.8, 4) is 0 Å². The van der Waals surface area contributed by atoms with E-state index in [1.54, 1.807) is 0 Å². The minimum absolute atomic E-state index is 0.0536. The third-order valence-electron chi connectivity index (χ3n) is 2.35. The van der Waals surface area contributed by atoms with Gasteiger partial charge in [-0.2, -0.15) is 0 Å². The lowest BCUT2D eigenvalue weighted by Gasteiger charge is -2.27. The Morgan fingerprint density at radius 3 is 2.77 bits per heavy atom.